The minimum atomic E-state index is -0.822. The standard InChI is InChI=1S/C19H23BrN2O4S2/c1-21-16-8-7-13(20)10-14(16)15(11-23)18(28-12-27)19(26)22(2)9-5-3-4-6-17(24)25/h7-8,10-12,21H,3-6,9H2,1-2H3,(H,24,25)/b18-15+. The Bertz CT molecular complexity index is 768. The van der Waals surface area contributed by atoms with Crippen LogP contribution in [0, 0.1) is 0 Å². The molecule has 0 fully saturated rings. The van der Waals surface area contributed by atoms with E-state index in [4.69, 9.17) is 17.3 Å². The molecule has 28 heavy (non-hydrogen) atoms. The summed E-state index contributed by atoms with van der Waals surface area (Å²) >= 11 is 9.36. The molecule has 1 aromatic rings. The maximum atomic E-state index is 13.0. The second-order valence-electron chi connectivity index (χ2n) is 5.95. The Kier molecular flexibility index (Phi) is 11.0. The summed E-state index contributed by atoms with van der Waals surface area (Å²) in [5, 5.41) is 11.7. The Labute approximate surface area is 182 Å². The van der Waals surface area contributed by atoms with Crippen LogP contribution in [-0.4, -0.2) is 53.5 Å². The fourth-order valence-corrected chi connectivity index (χ4v) is 3.84. The first-order chi connectivity index (χ1) is 13.3. The lowest BCUT2D eigenvalue weighted by Crippen LogP contribution is -2.29. The molecule has 0 atom stereocenters. The highest BCUT2D eigenvalue weighted by Crippen LogP contribution is 2.32. The van der Waals surface area contributed by atoms with Crippen LogP contribution in [0.15, 0.2) is 27.6 Å². The van der Waals surface area contributed by atoms with Crippen molar-refractivity contribution in [1.29, 1.82) is 0 Å². The molecule has 0 saturated carbocycles. The first-order valence-corrected chi connectivity index (χ1v) is 10.7. The number of carbonyl (C=O) groups is 3. The number of hydrogen-bond acceptors (Lipinski definition) is 6. The Morgan fingerprint density at radius 2 is 2.04 bits per heavy atom. The summed E-state index contributed by atoms with van der Waals surface area (Å²) < 4.78 is 2.14. The molecular weight excluding hydrogens is 464 g/mol. The Balaban J connectivity index is 3.09. The van der Waals surface area contributed by atoms with Crippen LogP contribution in [0.4, 0.5) is 5.69 Å². The number of amides is 1. The second kappa shape index (κ2) is 12.7. The summed E-state index contributed by atoms with van der Waals surface area (Å²) in [5.74, 6) is -1.12. The SMILES string of the molecule is CNc1ccc(Br)cc1/C(C=O)=C(/SC=S)C(=O)N(C)CCCCCC(=O)O. The van der Waals surface area contributed by atoms with Gasteiger partial charge in [0.1, 0.15) is 0 Å². The van der Waals surface area contributed by atoms with Crippen molar-refractivity contribution in [3.63, 3.8) is 0 Å². The van der Waals surface area contributed by atoms with E-state index >= 15 is 0 Å². The van der Waals surface area contributed by atoms with Crippen molar-refractivity contribution >= 4 is 74.0 Å². The smallest absolute Gasteiger partial charge is 0.303 e. The van der Waals surface area contributed by atoms with Gasteiger partial charge in [-0.25, -0.2) is 0 Å². The topological polar surface area (TPSA) is 86.7 Å². The van der Waals surface area contributed by atoms with E-state index in [1.807, 2.05) is 12.1 Å². The van der Waals surface area contributed by atoms with E-state index in [1.54, 1.807) is 20.2 Å². The molecule has 0 aliphatic heterocycles. The minimum Gasteiger partial charge on any atom is -0.481 e. The number of nitrogens with one attached hydrogen (secondary N) is 1. The molecule has 0 saturated heterocycles. The maximum absolute atomic E-state index is 13.0. The number of carboxylic acids is 1. The number of carboxylic acid groups (broad SMARTS) is 1. The normalized spacial score (nSPS) is 11.4. The molecule has 6 nitrogen and oxygen atoms in total. The van der Waals surface area contributed by atoms with Crippen molar-refractivity contribution in [1.82, 2.24) is 4.90 Å². The third-order valence-corrected chi connectivity index (χ3v) is 5.50. The van der Waals surface area contributed by atoms with Crippen LogP contribution >= 0.6 is 39.9 Å². The summed E-state index contributed by atoms with van der Waals surface area (Å²) in [6.07, 6.45) is 2.74. The van der Waals surface area contributed by atoms with Gasteiger partial charge in [-0.3, -0.25) is 14.4 Å². The summed E-state index contributed by atoms with van der Waals surface area (Å²) in [6, 6.07) is 5.44. The van der Waals surface area contributed by atoms with Gasteiger partial charge >= 0.3 is 5.97 Å². The number of halogens is 1. The zero-order chi connectivity index (χ0) is 21.1. The summed E-state index contributed by atoms with van der Waals surface area (Å²) in [7, 11) is 3.40. The second-order valence-corrected chi connectivity index (χ2v) is 8.28. The number of aliphatic carboxylic acids is 1. The lowest BCUT2D eigenvalue weighted by molar-refractivity contribution is -0.137. The quantitative estimate of drug-likeness (QED) is 0.198. The number of nitrogens with zero attached hydrogens (tertiary/aromatic N) is 1. The molecule has 0 aliphatic carbocycles. The number of unbranched alkanes of at least 4 members (excludes halogenated alkanes) is 2. The van der Waals surface area contributed by atoms with E-state index in [-0.39, 0.29) is 22.8 Å². The number of allylic oxidation sites excluding steroid dienone is 1. The maximum Gasteiger partial charge on any atom is 0.303 e. The van der Waals surface area contributed by atoms with Gasteiger partial charge in [-0.2, -0.15) is 0 Å². The molecule has 0 aromatic heterocycles. The van der Waals surface area contributed by atoms with Gasteiger partial charge < -0.3 is 15.3 Å². The number of hydrogen-bond donors (Lipinski definition) is 2. The predicted molar refractivity (Wildman–Crippen MR) is 122 cm³/mol. The van der Waals surface area contributed by atoms with Crippen LogP contribution in [0.1, 0.15) is 31.2 Å². The van der Waals surface area contributed by atoms with Crippen molar-refractivity contribution < 1.29 is 19.5 Å². The van der Waals surface area contributed by atoms with E-state index in [0.717, 1.165) is 21.9 Å². The van der Waals surface area contributed by atoms with Gasteiger partial charge in [-0.15, -0.1) is 0 Å². The molecule has 1 amide bonds. The number of likely N-dealkylation sites (N-methyl/N-ethyl adjacent to an activating group) is 1. The molecule has 9 heteroatoms. The van der Waals surface area contributed by atoms with Crippen molar-refractivity contribution in [3.8, 4) is 0 Å². The Morgan fingerprint density at radius 3 is 2.61 bits per heavy atom. The van der Waals surface area contributed by atoms with Crippen molar-refractivity contribution in [3.05, 3.63) is 33.1 Å². The highest BCUT2D eigenvalue weighted by atomic mass is 79.9. The van der Waals surface area contributed by atoms with Crippen molar-refractivity contribution in [2.75, 3.05) is 26.0 Å². The number of rotatable bonds is 12. The molecule has 0 unspecified atom stereocenters. The molecule has 2 N–H and O–H groups in total. The zero-order valence-electron chi connectivity index (χ0n) is 15.7. The lowest BCUT2D eigenvalue weighted by atomic mass is 10.0. The van der Waals surface area contributed by atoms with E-state index < -0.39 is 5.97 Å². The molecular formula is C19H23BrN2O4S2. The van der Waals surface area contributed by atoms with E-state index in [2.05, 4.69) is 21.2 Å². The highest BCUT2D eigenvalue weighted by Gasteiger charge is 2.22. The molecule has 1 rings (SSSR count). The predicted octanol–water partition coefficient (Wildman–Crippen LogP) is 4.19. The Hall–Kier alpha value is -1.71. The molecule has 152 valence electrons. The Morgan fingerprint density at radius 1 is 1.32 bits per heavy atom. The van der Waals surface area contributed by atoms with Gasteiger partial charge in [-0.05, 0) is 31.0 Å². The molecule has 0 spiro atoms. The zero-order valence-corrected chi connectivity index (χ0v) is 19.0. The molecule has 0 radical (unpaired) electrons. The summed E-state index contributed by atoms with van der Waals surface area (Å²) in [6.45, 7) is 0.462. The van der Waals surface area contributed by atoms with Gasteiger partial charge in [0.05, 0.1) is 4.91 Å². The largest absolute Gasteiger partial charge is 0.481 e. The van der Waals surface area contributed by atoms with Gasteiger partial charge in [0, 0.05) is 53.1 Å². The van der Waals surface area contributed by atoms with E-state index in [9.17, 15) is 14.4 Å². The lowest BCUT2D eigenvalue weighted by Gasteiger charge is -2.20. The molecule has 1 aromatic carbocycles. The van der Waals surface area contributed by atoms with Gasteiger partial charge in [0.15, 0.2) is 6.29 Å². The minimum absolute atomic E-state index is 0.120. The first kappa shape index (κ1) is 24.3. The number of aldehydes is 1. The van der Waals surface area contributed by atoms with Crippen LogP contribution in [0.25, 0.3) is 5.57 Å². The van der Waals surface area contributed by atoms with E-state index in [0.29, 0.717) is 37.7 Å². The first-order valence-electron chi connectivity index (χ1n) is 8.60. The molecule has 0 heterocycles. The van der Waals surface area contributed by atoms with Crippen LogP contribution in [0.5, 0.6) is 0 Å². The number of thioether (sulfide) groups is 1. The number of anilines is 1. The fraction of sp³-hybridized carbons (Fsp3) is 0.368. The van der Waals surface area contributed by atoms with Gasteiger partial charge in [0.2, 0.25) is 0 Å². The van der Waals surface area contributed by atoms with Crippen LogP contribution < -0.4 is 5.32 Å². The number of benzene rings is 1. The average Bonchev–Trinajstić information content (AvgIpc) is 2.66. The van der Waals surface area contributed by atoms with Crippen LogP contribution in [-0.2, 0) is 14.4 Å². The van der Waals surface area contributed by atoms with Crippen molar-refractivity contribution in [2.45, 2.75) is 25.7 Å². The van der Waals surface area contributed by atoms with Crippen molar-refractivity contribution in [2.24, 2.45) is 0 Å². The monoisotopic (exact) mass is 486 g/mol. The summed E-state index contributed by atoms with van der Waals surface area (Å²) in [5.41, 5.74) is 1.59. The van der Waals surface area contributed by atoms with Gasteiger partial charge in [0.25, 0.3) is 5.91 Å². The third-order valence-electron chi connectivity index (χ3n) is 3.99. The molecule has 0 aliphatic rings. The van der Waals surface area contributed by atoms with E-state index in [1.165, 1.54) is 9.60 Å². The highest BCUT2D eigenvalue weighted by molar-refractivity contribution is 9.10. The van der Waals surface area contributed by atoms with Gasteiger partial charge in [-0.1, -0.05) is 46.3 Å². The third kappa shape index (κ3) is 7.37. The van der Waals surface area contributed by atoms with Crippen LogP contribution in [0.2, 0.25) is 0 Å². The number of thiocarbonyl (C=S) groups is 1. The molecule has 0 bridgehead atoms. The fourth-order valence-electron chi connectivity index (χ4n) is 2.55. The van der Waals surface area contributed by atoms with Crippen LogP contribution in [0.3, 0.4) is 0 Å². The summed E-state index contributed by atoms with van der Waals surface area (Å²) in [4.78, 5) is 37.2. The average molecular weight is 487 g/mol. The number of carbonyl (C=O) groups excluding carboxylic acids is 2.